The number of hydrazone groups is 1. The fourth-order valence-electron chi connectivity index (χ4n) is 3.47. The first-order chi connectivity index (χ1) is 16.1. The highest BCUT2D eigenvalue weighted by Crippen LogP contribution is 2.35. The van der Waals surface area contributed by atoms with E-state index in [1.807, 2.05) is 61.5 Å². The highest BCUT2D eigenvalue weighted by atomic mass is 35.5. The Morgan fingerprint density at radius 1 is 1.09 bits per heavy atom. The van der Waals surface area contributed by atoms with Gasteiger partial charge in [0, 0.05) is 10.9 Å². The third-order valence-electron chi connectivity index (χ3n) is 4.95. The second kappa shape index (κ2) is 10.1. The van der Waals surface area contributed by atoms with Gasteiger partial charge in [-0.15, -0.1) is 0 Å². The lowest BCUT2D eigenvalue weighted by Gasteiger charge is -2.11. The Bertz CT molecular complexity index is 1320. The molecule has 166 valence electrons. The third-order valence-corrected chi connectivity index (χ3v) is 5.23. The summed E-state index contributed by atoms with van der Waals surface area (Å²) in [5, 5.41) is 5.26. The topological polar surface area (TPSA) is 72.8 Å². The molecule has 0 atom stereocenters. The number of amides is 1. The normalized spacial score (nSPS) is 11.0. The summed E-state index contributed by atoms with van der Waals surface area (Å²) >= 11 is 6.29. The number of nitrogens with one attached hydrogen (secondary N) is 1. The quantitative estimate of drug-likeness (QED) is 0.283. The van der Waals surface area contributed by atoms with Gasteiger partial charge in [0.15, 0.2) is 11.5 Å². The Kier molecular flexibility index (Phi) is 6.86. The third kappa shape index (κ3) is 4.96. The number of ether oxygens (including phenoxy) is 2. The largest absolute Gasteiger partial charge is 0.491 e. The summed E-state index contributed by atoms with van der Waals surface area (Å²) in [4.78, 5) is 17.8. The van der Waals surface area contributed by atoms with Crippen LogP contribution >= 0.6 is 11.6 Å². The van der Waals surface area contributed by atoms with E-state index in [-0.39, 0.29) is 5.91 Å². The fraction of sp³-hybridized carbons (Fsp3) is 0.115. The van der Waals surface area contributed by atoms with Gasteiger partial charge in [0.2, 0.25) is 0 Å². The monoisotopic (exact) mass is 459 g/mol. The second-order valence-electron chi connectivity index (χ2n) is 7.10. The van der Waals surface area contributed by atoms with Crippen LogP contribution in [0.15, 0.2) is 77.9 Å². The van der Waals surface area contributed by atoms with E-state index in [4.69, 9.17) is 26.1 Å². The summed E-state index contributed by atoms with van der Waals surface area (Å²) in [5.41, 5.74) is 6.13. The molecule has 0 aliphatic heterocycles. The van der Waals surface area contributed by atoms with E-state index >= 15 is 0 Å². The number of hydrogen-bond acceptors (Lipinski definition) is 5. The number of halogens is 1. The van der Waals surface area contributed by atoms with Crippen LogP contribution in [-0.4, -0.2) is 30.8 Å². The predicted molar refractivity (Wildman–Crippen MR) is 131 cm³/mol. The molecule has 0 spiro atoms. The van der Waals surface area contributed by atoms with Gasteiger partial charge in [-0.3, -0.25) is 4.79 Å². The molecule has 0 unspecified atom stereocenters. The molecule has 4 aromatic rings. The van der Waals surface area contributed by atoms with Crippen molar-refractivity contribution >= 4 is 34.6 Å². The first kappa shape index (κ1) is 22.3. The average Bonchev–Trinajstić information content (AvgIpc) is 2.84. The highest BCUT2D eigenvalue weighted by molar-refractivity contribution is 6.32. The zero-order valence-electron chi connectivity index (χ0n) is 18.2. The van der Waals surface area contributed by atoms with Gasteiger partial charge in [0.25, 0.3) is 5.91 Å². The molecule has 0 saturated carbocycles. The molecule has 1 heterocycles. The number of rotatable bonds is 7. The van der Waals surface area contributed by atoms with Crippen LogP contribution in [0.25, 0.3) is 22.2 Å². The second-order valence-corrected chi connectivity index (χ2v) is 7.51. The Labute approximate surface area is 196 Å². The molecule has 0 aliphatic rings. The number of fused-ring (bicyclic) bond motifs is 1. The molecular weight excluding hydrogens is 438 g/mol. The lowest BCUT2D eigenvalue weighted by molar-refractivity contribution is 0.0956. The molecule has 0 aliphatic carbocycles. The van der Waals surface area contributed by atoms with Crippen LogP contribution in [-0.2, 0) is 0 Å². The summed E-state index contributed by atoms with van der Waals surface area (Å²) in [6.45, 7) is 2.33. The molecular formula is C26H22ClN3O3. The van der Waals surface area contributed by atoms with Crippen molar-refractivity contribution in [3.8, 4) is 22.8 Å². The van der Waals surface area contributed by atoms with E-state index in [1.165, 1.54) is 13.3 Å². The minimum atomic E-state index is -0.341. The van der Waals surface area contributed by atoms with E-state index in [0.29, 0.717) is 39.9 Å². The first-order valence-electron chi connectivity index (χ1n) is 10.4. The number of benzene rings is 3. The summed E-state index contributed by atoms with van der Waals surface area (Å²) in [6.07, 6.45) is 1.51. The van der Waals surface area contributed by atoms with Gasteiger partial charge >= 0.3 is 0 Å². The Morgan fingerprint density at radius 3 is 2.61 bits per heavy atom. The molecule has 1 amide bonds. The maximum absolute atomic E-state index is 13.0. The van der Waals surface area contributed by atoms with Crippen LogP contribution < -0.4 is 14.9 Å². The molecule has 0 fully saturated rings. The molecule has 0 radical (unpaired) electrons. The van der Waals surface area contributed by atoms with Gasteiger partial charge in [-0.05, 0) is 36.8 Å². The van der Waals surface area contributed by atoms with E-state index in [9.17, 15) is 4.79 Å². The molecule has 1 N–H and O–H groups in total. The molecule has 6 nitrogen and oxygen atoms in total. The number of pyridine rings is 1. The lowest BCUT2D eigenvalue weighted by atomic mass is 10.0. The van der Waals surface area contributed by atoms with Gasteiger partial charge in [0.1, 0.15) is 0 Å². The van der Waals surface area contributed by atoms with Crippen LogP contribution in [0, 0.1) is 0 Å². The number of hydrogen-bond donors (Lipinski definition) is 1. The predicted octanol–water partition coefficient (Wildman–Crippen LogP) is 5.73. The van der Waals surface area contributed by atoms with Crippen LogP contribution in [0.3, 0.4) is 0 Å². The standard InChI is InChI=1S/C26H22ClN3O3/c1-3-33-24-14-17(13-21(27)25(24)32-2)16-28-30-26(31)20-15-23(18-9-5-4-6-10-18)29-22-12-8-7-11-19(20)22/h4-16H,3H2,1-2H3,(H,30,31)/b28-16+. The smallest absolute Gasteiger partial charge is 0.272 e. The minimum absolute atomic E-state index is 0.341. The van der Waals surface area contributed by atoms with Gasteiger partial charge in [-0.2, -0.15) is 5.10 Å². The number of carbonyl (C=O) groups is 1. The first-order valence-corrected chi connectivity index (χ1v) is 10.8. The van der Waals surface area contributed by atoms with Crippen LogP contribution in [0.2, 0.25) is 5.02 Å². The zero-order valence-corrected chi connectivity index (χ0v) is 19.0. The number of methoxy groups -OCH3 is 1. The molecule has 33 heavy (non-hydrogen) atoms. The van der Waals surface area contributed by atoms with Crippen LogP contribution in [0.4, 0.5) is 0 Å². The number of carbonyl (C=O) groups excluding carboxylic acids is 1. The highest BCUT2D eigenvalue weighted by Gasteiger charge is 2.14. The van der Waals surface area contributed by atoms with Crippen LogP contribution in [0.5, 0.6) is 11.5 Å². The molecule has 1 aromatic heterocycles. The van der Waals surface area contributed by atoms with Crippen molar-refractivity contribution in [3.63, 3.8) is 0 Å². The molecule has 0 saturated heterocycles. The van der Waals surface area contributed by atoms with Gasteiger partial charge in [-0.25, -0.2) is 10.4 Å². The molecule has 3 aromatic carbocycles. The Morgan fingerprint density at radius 2 is 1.85 bits per heavy atom. The fourth-order valence-corrected chi connectivity index (χ4v) is 3.77. The SMILES string of the molecule is CCOc1cc(/C=N/NC(=O)c2cc(-c3ccccc3)nc3ccccc23)cc(Cl)c1OC. The van der Waals surface area contributed by atoms with E-state index in [1.54, 1.807) is 18.2 Å². The van der Waals surface area contributed by atoms with Gasteiger partial charge < -0.3 is 9.47 Å². The molecule has 4 rings (SSSR count). The summed E-state index contributed by atoms with van der Waals surface area (Å²) < 4.78 is 10.9. The number of nitrogens with zero attached hydrogens (tertiary/aromatic N) is 2. The average molecular weight is 460 g/mol. The van der Waals surface area contributed by atoms with Crippen molar-refractivity contribution in [3.05, 3.63) is 88.9 Å². The van der Waals surface area contributed by atoms with E-state index < -0.39 is 0 Å². The summed E-state index contributed by atoms with van der Waals surface area (Å²) in [7, 11) is 1.53. The summed E-state index contributed by atoms with van der Waals surface area (Å²) in [6, 6.07) is 22.5. The Balaban J connectivity index is 1.63. The van der Waals surface area contributed by atoms with Crippen molar-refractivity contribution in [2.45, 2.75) is 6.92 Å². The Hall–Kier alpha value is -3.90. The maximum atomic E-state index is 13.0. The molecule has 7 heteroatoms. The van der Waals surface area contributed by atoms with E-state index in [2.05, 4.69) is 10.5 Å². The van der Waals surface area contributed by atoms with Crippen molar-refractivity contribution in [2.75, 3.05) is 13.7 Å². The van der Waals surface area contributed by atoms with E-state index in [0.717, 1.165) is 16.5 Å². The molecule has 0 bridgehead atoms. The zero-order chi connectivity index (χ0) is 23.2. The van der Waals surface area contributed by atoms with Crippen molar-refractivity contribution in [2.24, 2.45) is 5.10 Å². The maximum Gasteiger partial charge on any atom is 0.272 e. The van der Waals surface area contributed by atoms with Crippen molar-refractivity contribution in [1.29, 1.82) is 0 Å². The van der Waals surface area contributed by atoms with Gasteiger partial charge in [0.05, 0.1) is 41.7 Å². The lowest BCUT2D eigenvalue weighted by Crippen LogP contribution is -2.18. The van der Waals surface area contributed by atoms with Gasteiger partial charge in [-0.1, -0.05) is 60.1 Å². The minimum Gasteiger partial charge on any atom is -0.491 e. The number of aromatic nitrogens is 1. The van der Waals surface area contributed by atoms with Crippen LogP contribution in [0.1, 0.15) is 22.8 Å². The number of para-hydroxylation sites is 1. The van der Waals surface area contributed by atoms with Crippen molar-refractivity contribution in [1.82, 2.24) is 10.4 Å². The summed E-state index contributed by atoms with van der Waals surface area (Å²) in [5.74, 6) is 0.621. The van der Waals surface area contributed by atoms with Crippen molar-refractivity contribution < 1.29 is 14.3 Å².